The zero-order chi connectivity index (χ0) is 29.4. The molecule has 1 fully saturated rings. The molecule has 0 spiro atoms. The predicted octanol–water partition coefficient (Wildman–Crippen LogP) is 3.90. The van der Waals surface area contributed by atoms with E-state index in [1.165, 1.54) is 40.8 Å². The van der Waals surface area contributed by atoms with Gasteiger partial charge in [0.1, 0.15) is 29.1 Å². The fraction of sp³-hybridized carbons (Fsp3) is 0.367. The standard InChI is InChI=1S/C30H30ClF2N3O5/c1-16-20-5-3-4-6-24(20)35(11-12-37)30(40)27(16)36-15-21(25-22(32)13-19(41-2)14-23(25)33)26(29(36)39)34-28(38)17-7-9-18(31)10-8-17/h7-10,13-14,21,26,37H,3-6,11-12,15H2,1-2H3,(H,34,38)/t21-,26-/m0/s1. The highest BCUT2D eigenvalue weighted by atomic mass is 35.5. The number of anilines is 1. The summed E-state index contributed by atoms with van der Waals surface area (Å²) in [6.45, 7) is 1.30. The molecule has 2 heterocycles. The summed E-state index contributed by atoms with van der Waals surface area (Å²) in [5.41, 5.74) is 1.81. The smallest absolute Gasteiger partial charge is 0.275 e. The van der Waals surface area contributed by atoms with Crippen LogP contribution in [0.5, 0.6) is 5.75 Å². The van der Waals surface area contributed by atoms with Crippen molar-refractivity contribution in [1.29, 1.82) is 0 Å². The molecular formula is C30H30ClF2N3O5. The average Bonchev–Trinajstić information content (AvgIpc) is 3.25. The third kappa shape index (κ3) is 5.22. The number of carbonyl (C=O) groups is 2. The predicted molar refractivity (Wildman–Crippen MR) is 150 cm³/mol. The minimum absolute atomic E-state index is 0.0379. The average molecular weight is 586 g/mol. The number of aromatic nitrogens is 1. The zero-order valence-corrected chi connectivity index (χ0v) is 23.4. The highest BCUT2D eigenvalue weighted by Crippen LogP contribution is 2.38. The number of aliphatic hydroxyl groups excluding tert-OH is 1. The third-order valence-corrected chi connectivity index (χ3v) is 8.23. The van der Waals surface area contributed by atoms with Crippen molar-refractivity contribution < 1.29 is 28.2 Å². The topological polar surface area (TPSA) is 101 Å². The first kappa shape index (κ1) is 28.8. The van der Waals surface area contributed by atoms with Crippen molar-refractivity contribution in [3.05, 3.63) is 91.4 Å². The lowest BCUT2D eigenvalue weighted by Crippen LogP contribution is -2.45. The Morgan fingerprint density at radius 2 is 1.78 bits per heavy atom. The second-order valence-corrected chi connectivity index (χ2v) is 10.7. The Labute approximate surface area is 240 Å². The lowest BCUT2D eigenvalue weighted by molar-refractivity contribution is -0.118. The van der Waals surface area contributed by atoms with Crippen LogP contribution in [0.4, 0.5) is 14.5 Å². The van der Waals surface area contributed by atoms with E-state index in [2.05, 4.69) is 5.32 Å². The molecule has 11 heteroatoms. The Kier molecular flexibility index (Phi) is 8.15. The maximum atomic E-state index is 15.4. The summed E-state index contributed by atoms with van der Waals surface area (Å²) in [5, 5.41) is 12.8. The summed E-state index contributed by atoms with van der Waals surface area (Å²) in [6, 6.07) is 6.62. The van der Waals surface area contributed by atoms with Crippen LogP contribution in [0.3, 0.4) is 0 Å². The molecule has 1 saturated heterocycles. The maximum absolute atomic E-state index is 15.4. The lowest BCUT2D eigenvalue weighted by atomic mass is 9.91. The number of benzene rings is 2. The van der Waals surface area contributed by atoms with Crippen molar-refractivity contribution in [3.8, 4) is 5.75 Å². The van der Waals surface area contributed by atoms with Gasteiger partial charge in [0.2, 0.25) is 5.91 Å². The van der Waals surface area contributed by atoms with Gasteiger partial charge in [-0.3, -0.25) is 14.4 Å². The highest BCUT2D eigenvalue weighted by molar-refractivity contribution is 6.30. The molecule has 1 aliphatic carbocycles. The van der Waals surface area contributed by atoms with E-state index in [0.29, 0.717) is 23.4 Å². The maximum Gasteiger partial charge on any atom is 0.275 e. The molecule has 8 nitrogen and oxygen atoms in total. The van der Waals surface area contributed by atoms with Gasteiger partial charge >= 0.3 is 0 Å². The SMILES string of the molecule is COc1cc(F)c([C@@H]2CN(c3c(C)c4c(n(CCO)c3=O)CCCC4)C(=O)[C@H]2NC(=O)c2ccc(Cl)cc2)c(F)c1. The lowest BCUT2D eigenvalue weighted by Gasteiger charge is -2.28. The fourth-order valence-corrected chi connectivity index (χ4v) is 6.14. The molecule has 0 unspecified atom stereocenters. The number of halogens is 3. The van der Waals surface area contributed by atoms with Crippen LogP contribution in [0.2, 0.25) is 5.02 Å². The molecule has 2 aliphatic rings. The number of hydrogen-bond acceptors (Lipinski definition) is 5. The van der Waals surface area contributed by atoms with Gasteiger partial charge in [0.15, 0.2) is 0 Å². The van der Waals surface area contributed by atoms with Crippen LogP contribution >= 0.6 is 11.6 Å². The van der Waals surface area contributed by atoms with E-state index in [1.54, 1.807) is 6.92 Å². The number of carbonyl (C=O) groups excluding carboxylic acids is 2. The molecule has 3 aromatic rings. The monoisotopic (exact) mass is 585 g/mol. The van der Waals surface area contributed by atoms with Crippen molar-refractivity contribution in [2.45, 2.75) is 51.1 Å². The molecular weight excluding hydrogens is 556 g/mol. The fourth-order valence-electron chi connectivity index (χ4n) is 6.01. The Bertz CT molecular complexity index is 1550. The van der Waals surface area contributed by atoms with Gasteiger partial charge in [-0.25, -0.2) is 8.78 Å². The molecule has 216 valence electrons. The Morgan fingerprint density at radius 3 is 2.41 bits per heavy atom. The van der Waals surface area contributed by atoms with Gasteiger partial charge in [0.05, 0.1) is 13.7 Å². The number of aliphatic hydroxyl groups is 1. The first-order valence-corrected chi connectivity index (χ1v) is 13.8. The van der Waals surface area contributed by atoms with Crippen molar-refractivity contribution >= 4 is 29.1 Å². The van der Waals surface area contributed by atoms with E-state index in [9.17, 15) is 19.5 Å². The number of pyridine rings is 1. The minimum atomic E-state index is -1.38. The third-order valence-electron chi connectivity index (χ3n) is 7.98. The number of fused-ring (bicyclic) bond motifs is 1. The van der Waals surface area contributed by atoms with Crippen molar-refractivity contribution in [3.63, 3.8) is 0 Å². The first-order valence-electron chi connectivity index (χ1n) is 13.4. The molecule has 0 saturated carbocycles. The summed E-state index contributed by atoms with van der Waals surface area (Å²) in [4.78, 5) is 42.3. The van der Waals surface area contributed by atoms with E-state index >= 15 is 8.78 Å². The summed E-state index contributed by atoms with van der Waals surface area (Å²) in [6.07, 6.45) is 3.17. The Morgan fingerprint density at radius 1 is 1.12 bits per heavy atom. The number of nitrogens with one attached hydrogen (secondary N) is 1. The summed E-state index contributed by atoms with van der Waals surface area (Å²) in [7, 11) is 1.28. The van der Waals surface area contributed by atoms with Crippen molar-refractivity contribution in [1.82, 2.24) is 9.88 Å². The van der Waals surface area contributed by atoms with Crippen LogP contribution in [0.1, 0.15) is 51.5 Å². The molecule has 2 N–H and O–H groups in total. The quantitative estimate of drug-likeness (QED) is 0.438. The van der Waals surface area contributed by atoms with Gasteiger partial charge in [0.25, 0.3) is 11.5 Å². The minimum Gasteiger partial charge on any atom is -0.497 e. The van der Waals surface area contributed by atoms with E-state index in [0.717, 1.165) is 36.2 Å². The largest absolute Gasteiger partial charge is 0.497 e. The van der Waals surface area contributed by atoms with E-state index in [1.807, 2.05) is 0 Å². The van der Waals surface area contributed by atoms with Gasteiger partial charge in [0, 0.05) is 53.0 Å². The van der Waals surface area contributed by atoms with Gasteiger partial charge in [-0.1, -0.05) is 11.6 Å². The molecule has 0 bridgehead atoms. The summed E-state index contributed by atoms with van der Waals surface area (Å²) < 4.78 is 37.2. The first-order chi connectivity index (χ1) is 19.7. The second kappa shape index (κ2) is 11.6. The zero-order valence-electron chi connectivity index (χ0n) is 22.7. The van der Waals surface area contributed by atoms with Crippen LogP contribution < -0.4 is 20.5 Å². The van der Waals surface area contributed by atoms with Crippen LogP contribution in [0.25, 0.3) is 0 Å². The van der Waals surface area contributed by atoms with Gasteiger partial charge in [-0.05, 0) is 68.0 Å². The summed E-state index contributed by atoms with van der Waals surface area (Å²) in [5.74, 6) is -4.38. The molecule has 2 amide bonds. The van der Waals surface area contributed by atoms with Crippen LogP contribution in [0.15, 0.2) is 41.2 Å². The van der Waals surface area contributed by atoms with Gasteiger partial charge < -0.3 is 24.6 Å². The Balaban J connectivity index is 1.63. The molecule has 2 aromatic carbocycles. The number of rotatable bonds is 7. The molecule has 0 radical (unpaired) electrons. The molecule has 5 rings (SSSR count). The van der Waals surface area contributed by atoms with Gasteiger partial charge in [-0.15, -0.1) is 0 Å². The van der Waals surface area contributed by atoms with Crippen molar-refractivity contribution in [2.75, 3.05) is 25.2 Å². The van der Waals surface area contributed by atoms with Crippen LogP contribution in [-0.2, 0) is 24.2 Å². The van der Waals surface area contributed by atoms with Crippen LogP contribution in [-0.4, -0.2) is 47.8 Å². The molecule has 41 heavy (non-hydrogen) atoms. The molecule has 2 atom stereocenters. The molecule has 1 aromatic heterocycles. The van der Waals surface area contributed by atoms with Crippen LogP contribution in [0, 0.1) is 18.6 Å². The van der Waals surface area contributed by atoms with E-state index < -0.39 is 46.5 Å². The number of methoxy groups -OCH3 is 1. The molecule has 1 aliphatic heterocycles. The number of ether oxygens (including phenoxy) is 1. The Hall–Kier alpha value is -3.76. The highest BCUT2D eigenvalue weighted by Gasteiger charge is 2.46. The summed E-state index contributed by atoms with van der Waals surface area (Å²) >= 11 is 5.94. The van der Waals surface area contributed by atoms with E-state index in [4.69, 9.17) is 16.3 Å². The number of nitrogens with zero attached hydrogens (tertiary/aromatic N) is 2. The van der Waals surface area contributed by atoms with E-state index in [-0.39, 0.29) is 36.7 Å². The number of amides is 2. The van der Waals surface area contributed by atoms with Crippen molar-refractivity contribution in [2.24, 2.45) is 0 Å². The second-order valence-electron chi connectivity index (χ2n) is 10.3. The van der Waals surface area contributed by atoms with Gasteiger partial charge in [-0.2, -0.15) is 0 Å². The normalized spacial score (nSPS) is 18.4. The number of hydrogen-bond donors (Lipinski definition) is 2.